The summed E-state index contributed by atoms with van der Waals surface area (Å²) in [6, 6.07) is 4.22. The summed E-state index contributed by atoms with van der Waals surface area (Å²) in [5, 5.41) is 3.36. The van der Waals surface area contributed by atoms with Gasteiger partial charge in [-0.25, -0.2) is 4.98 Å². The topological polar surface area (TPSA) is 32.6 Å². The normalized spacial score (nSPS) is 17.2. The van der Waals surface area contributed by atoms with Crippen molar-refractivity contribution >= 4 is 11.3 Å². The number of aromatic nitrogens is 2. The van der Waals surface area contributed by atoms with E-state index in [1.165, 1.54) is 5.69 Å². The molecule has 3 rings (SSSR count). The zero-order valence-corrected chi connectivity index (χ0v) is 8.56. The van der Waals surface area contributed by atoms with Crippen molar-refractivity contribution in [2.24, 2.45) is 0 Å². The summed E-state index contributed by atoms with van der Waals surface area (Å²) in [4.78, 5) is 6.78. The highest BCUT2D eigenvalue weighted by molar-refractivity contribution is 5.69. The second kappa shape index (κ2) is 3.55. The quantitative estimate of drug-likeness (QED) is 0.740. The molecular formula is C11H14N4. The van der Waals surface area contributed by atoms with Crippen LogP contribution in [0.15, 0.2) is 30.7 Å². The highest BCUT2D eigenvalue weighted by Crippen LogP contribution is 2.19. The summed E-state index contributed by atoms with van der Waals surface area (Å²) in [6.45, 7) is 4.24. The fourth-order valence-electron chi connectivity index (χ4n) is 2.09. The zero-order chi connectivity index (χ0) is 10.1. The first-order valence-corrected chi connectivity index (χ1v) is 5.32. The summed E-state index contributed by atoms with van der Waals surface area (Å²) in [7, 11) is 0. The third-order valence-electron chi connectivity index (χ3n) is 2.86. The van der Waals surface area contributed by atoms with Crippen molar-refractivity contribution < 1.29 is 0 Å². The highest BCUT2D eigenvalue weighted by Gasteiger charge is 2.13. The van der Waals surface area contributed by atoms with E-state index in [0.717, 1.165) is 31.8 Å². The maximum Gasteiger partial charge on any atom is 0.160 e. The van der Waals surface area contributed by atoms with Crippen LogP contribution in [0.1, 0.15) is 0 Å². The maximum atomic E-state index is 4.39. The number of rotatable bonds is 1. The van der Waals surface area contributed by atoms with E-state index >= 15 is 0 Å². The molecule has 1 N–H and O–H groups in total. The minimum absolute atomic E-state index is 1.06. The van der Waals surface area contributed by atoms with Crippen molar-refractivity contribution in [2.45, 2.75) is 0 Å². The Kier molecular flexibility index (Phi) is 2.07. The van der Waals surface area contributed by atoms with Crippen LogP contribution in [0.4, 0.5) is 5.69 Å². The van der Waals surface area contributed by atoms with E-state index in [4.69, 9.17) is 0 Å². The molecule has 0 radical (unpaired) electrons. The smallest absolute Gasteiger partial charge is 0.160 e. The lowest BCUT2D eigenvalue weighted by molar-refractivity contribution is 0.589. The molecule has 1 saturated heterocycles. The third-order valence-corrected chi connectivity index (χ3v) is 2.86. The Bertz CT molecular complexity index is 456. The Hall–Kier alpha value is -1.55. The Morgan fingerprint density at radius 3 is 2.93 bits per heavy atom. The van der Waals surface area contributed by atoms with E-state index in [1.807, 2.05) is 18.6 Å². The summed E-state index contributed by atoms with van der Waals surface area (Å²) >= 11 is 0. The predicted octanol–water partition coefficient (Wildman–Crippen LogP) is 0.744. The van der Waals surface area contributed by atoms with Gasteiger partial charge < -0.3 is 14.6 Å². The van der Waals surface area contributed by atoms with Crippen molar-refractivity contribution in [1.29, 1.82) is 0 Å². The number of fused-ring (bicyclic) bond motifs is 1. The van der Waals surface area contributed by atoms with Crippen molar-refractivity contribution in [1.82, 2.24) is 14.7 Å². The molecule has 0 atom stereocenters. The monoisotopic (exact) mass is 202 g/mol. The van der Waals surface area contributed by atoms with Gasteiger partial charge in [0.05, 0.1) is 5.69 Å². The first-order valence-electron chi connectivity index (χ1n) is 5.32. The summed E-state index contributed by atoms with van der Waals surface area (Å²) in [5.74, 6) is 0. The Labute approximate surface area is 88.5 Å². The summed E-state index contributed by atoms with van der Waals surface area (Å²) < 4.78 is 2.07. The maximum absolute atomic E-state index is 4.39. The minimum atomic E-state index is 1.06. The van der Waals surface area contributed by atoms with Crippen LogP contribution in [0.25, 0.3) is 5.65 Å². The number of nitrogens with one attached hydrogen (secondary N) is 1. The molecule has 2 aromatic rings. The molecule has 0 aliphatic carbocycles. The van der Waals surface area contributed by atoms with Crippen molar-refractivity contribution in [3.05, 3.63) is 30.7 Å². The molecular weight excluding hydrogens is 188 g/mol. The van der Waals surface area contributed by atoms with Crippen LogP contribution in [0, 0.1) is 0 Å². The van der Waals surface area contributed by atoms with Gasteiger partial charge in [-0.15, -0.1) is 0 Å². The van der Waals surface area contributed by atoms with Crippen LogP contribution in [0.2, 0.25) is 0 Å². The van der Waals surface area contributed by atoms with Crippen LogP contribution >= 0.6 is 0 Å². The van der Waals surface area contributed by atoms with Crippen molar-refractivity contribution in [3.8, 4) is 0 Å². The fourth-order valence-corrected chi connectivity index (χ4v) is 2.09. The van der Waals surface area contributed by atoms with Gasteiger partial charge in [0.1, 0.15) is 0 Å². The largest absolute Gasteiger partial charge is 0.366 e. The predicted molar refractivity (Wildman–Crippen MR) is 60.3 cm³/mol. The van der Waals surface area contributed by atoms with Crippen molar-refractivity contribution in [2.75, 3.05) is 31.1 Å². The van der Waals surface area contributed by atoms with Gasteiger partial charge >= 0.3 is 0 Å². The van der Waals surface area contributed by atoms with E-state index in [1.54, 1.807) is 0 Å². The van der Waals surface area contributed by atoms with Crippen LogP contribution in [0.3, 0.4) is 0 Å². The second-order valence-electron chi connectivity index (χ2n) is 3.79. The molecule has 0 saturated carbocycles. The highest BCUT2D eigenvalue weighted by atomic mass is 15.2. The van der Waals surface area contributed by atoms with Crippen LogP contribution < -0.4 is 10.2 Å². The van der Waals surface area contributed by atoms with Gasteiger partial charge in [0, 0.05) is 44.8 Å². The molecule has 0 spiro atoms. The van der Waals surface area contributed by atoms with E-state index in [0.29, 0.717) is 0 Å². The molecule has 4 nitrogen and oxygen atoms in total. The molecule has 0 amide bonds. The molecule has 1 aliphatic heterocycles. The minimum Gasteiger partial charge on any atom is -0.366 e. The lowest BCUT2D eigenvalue weighted by Crippen LogP contribution is -2.43. The van der Waals surface area contributed by atoms with E-state index in [-0.39, 0.29) is 0 Å². The molecule has 15 heavy (non-hydrogen) atoms. The molecule has 0 aromatic carbocycles. The SMILES string of the molecule is c1cc(N2CCNCC2)c2nccn2c1. The van der Waals surface area contributed by atoms with Gasteiger partial charge in [-0.3, -0.25) is 0 Å². The summed E-state index contributed by atoms with van der Waals surface area (Å²) in [6.07, 6.45) is 5.87. The average molecular weight is 202 g/mol. The third kappa shape index (κ3) is 1.47. The Morgan fingerprint density at radius 2 is 2.07 bits per heavy atom. The van der Waals surface area contributed by atoms with E-state index in [2.05, 4.69) is 31.7 Å². The first-order chi connectivity index (χ1) is 7.45. The fraction of sp³-hybridized carbons (Fsp3) is 0.364. The molecule has 1 fully saturated rings. The molecule has 3 heterocycles. The number of nitrogens with zero attached hydrogens (tertiary/aromatic N) is 3. The van der Waals surface area contributed by atoms with E-state index < -0.39 is 0 Å². The van der Waals surface area contributed by atoms with Gasteiger partial charge in [0.25, 0.3) is 0 Å². The van der Waals surface area contributed by atoms with E-state index in [9.17, 15) is 0 Å². The van der Waals surface area contributed by atoms with Crippen LogP contribution in [-0.2, 0) is 0 Å². The standard InChI is InChI=1S/C11H14N4/c1-2-10(14-7-3-12-4-8-14)11-13-5-9-15(11)6-1/h1-2,5-6,9,12H,3-4,7-8H2. The number of imidazole rings is 1. The Morgan fingerprint density at radius 1 is 1.20 bits per heavy atom. The molecule has 4 heteroatoms. The number of pyridine rings is 1. The zero-order valence-electron chi connectivity index (χ0n) is 8.56. The average Bonchev–Trinajstić information content (AvgIpc) is 2.78. The second-order valence-corrected chi connectivity index (χ2v) is 3.79. The number of hydrogen-bond donors (Lipinski definition) is 1. The summed E-state index contributed by atoms with van der Waals surface area (Å²) in [5.41, 5.74) is 2.29. The number of anilines is 1. The lowest BCUT2D eigenvalue weighted by Gasteiger charge is -2.29. The van der Waals surface area contributed by atoms with Crippen LogP contribution in [-0.4, -0.2) is 35.6 Å². The van der Waals surface area contributed by atoms with Crippen molar-refractivity contribution in [3.63, 3.8) is 0 Å². The number of hydrogen-bond acceptors (Lipinski definition) is 3. The number of piperazine rings is 1. The lowest BCUT2D eigenvalue weighted by atomic mass is 10.3. The molecule has 78 valence electrons. The molecule has 0 bridgehead atoms. The van der Waals surface area contributed by atoms with Gasteiger partial charge in [0.15, 0.2) is 5.65 Å². The van der Waals surface area contributed by atoms with Crippen LogP contribution in [0.5, 0.6) is 0 Å². The van der Waals surface area contributed by atoms with Gasteiger partial charge in [0.2, 0.25) is 0 Å². The molecule has 2 aromatic heterocycles. The molecule has 1 aliphatic rings. The molecule has 0 unspecified atom stereocenters. The van der Waals surface area contributed by atoms with Gasteiger partial charge in [-0.05, 0) is 12.1 Å². The van der Waals surface area contributed by atoms with Gasteiger partial charge in [-0.1, -0.05) is 0 Å². The first kappa shape index (κ1) is 8.73. The Balaban J connectivity index is 2.05. The van der Waals surface area contributed by atoms with Gasteiger partial charge in [-0.2, -0.15) is 0 Å².